The lowest BCUT2D eigenvalue weighted by atomic mass is 10.2. The van der Waals surface area contributed by atoms with Crippen molar-refractivity contribution in [3.8, 4) is 17.2 Å². The molecule has 0 saturated heterocycles. The Morgan fingerprint density at radius 2 is 2.00 bits per heavy atom. The molecule has 0 aliphatic heterocycles. The fourth-order valence-electron chi connectivity index (χ4n) is 2.31. The van der Waals surface area contributed by atoms with Crippen molar-refractivity contribution in [2.24, 2.45) is 0 Å². The van der Waals surface area contributed by atoms with E-state index in [9.17, 15) is 4.79 Å². The monoisotopic (exact) mass is 318 g/mol. The molecule has 6 nitrogen and oxygen atoms in total. The first-order valence-electron chi connectivity index (χ1n) is 7.62. The fraction of sp³-hybridized carbons (Fsp3) is 0.412. The lowest BCUT2D eigenvalue weighted by Crippen LogP contribution is -2.34. The Balaban J connectivity index is 2.27. The Morgan fingerprint density at radius 1 is 1.30 bits per heavy atom. The van der Waals surface area contributed by atoms with E-state index in [4.69, 9.17) is 14.3 Å². The van der Waals surface area contributed by atoms with Crippen molar-refractivity contribution in [2.45, 2.75) is 20.3 Å². The highest BCUT2D eigenvalue weighted by Crippen LogP contribution is 2.24. The molecule has 0 unspecified atom stereocenters. The van der Waals surface area contributed by atoms with Crippen LogP contribution in [-0.2, 0) is 0 Å². The topological polar surface area (TPSA) is 75.8 Å². The predicted molar refractivity (Wildman–Crippen MR) is 86.5 cm³/mol. The van der Waals surface area contributed by atoms with Crippen LogP contribution in [0.5, 0.6) is 5.75 Å². The number of methoxy groups -OCH3 is 1. The molecule has 0 atom stereocenters. The average Bonchev–Trinajstić information content (AvgIpc) is 2.96. The molecule has 1 N–H and O–H groups in total. The molecule has 0 fully saturated rings. The first-order chi connectivity index (χ1) is 11.1. The van der Waals surface area contributed by atoms with Crippen molar-refractivity contribution in [1.29, 1.82) is 0 Å². The van der Waals surface area contributed by atoms with Gasteiger partial charge in [0, 0.05) is 18.7 Å². The fourth-order valence-corrected chi connectivity index (χ4v) is 2.31. The van der Waals surface area contributed by atoms with Crippen LogP contribution in [0, 0.1) is 6.92 Å². The lowest BCUT2D eigenvalue weighted by Gasteiger charge is -2.19. The van der Waals surface area contributed by atoms with Crippen molar-refractivity contribution in [2.75, 3.05) is 26.8 Å². The summed E-state index contributed by atoms with van der Waals surface area (Å²) in [4.78, 5) is 18.5. The van der Waals surface area contributed by atoms with E-state index in [-0.39, 0.29) is 24.8 Å². The zero-order valence-corrected chi connectivity index (χ0v) is 13.7. The summed E-state index contributed by atoms with van der Waals surface area (Å²) >= 11 is 0. The molecular weight excluding hydrogens is 296 g/mol. The van der Waals surface area contributed by atoms with Crippen LogP contribution in [0.1, 0.15) is 29.6 Å². The summed E-state index contributed by atoms with van der Waals surface area (Å²) < 4.78 is 10.8. The van der Waals surface area contributed by atoms with Crippen LogP contribution in [0.2, 0.25) is 0 Å². The van der Waals surface area contributed by atoms with Gasteiger partial charge in [-0.1, -0.05) is 6.92 Å². The molecule has 1 heterocycles. The van der Waals surface area contributed by atoms with Gasteiger partial charge < -0.3 is 19.2 Å². The van der Waals surface area contributed by atoms with Crippen molar-refractivity contribution in [3.05, 3.63) is 35.7 Å². The predicted octanol–water partition coefficient (Wildman–Crippen LogP) is 2.50. The van der Waals surface area contributed by atoms with Gasteiger partial charge in [-0.05, 0) is 37.6 Å². The molecule has 1 amide bonds. The molecule has 1 aromatic heterocycles. The van der Waals surface area contributed by atoms with Gasteiger partial charge in [0.25, 0.3) is 5.91 Å². The number of carbonyl (C=O) groups is 1. The second kappa shape index (κ2) is 7.78. The molecule has 0 radical (unpaired) electrons. The van der Waals surface area contributed by atoms with Gasteiger partial charge in [0.05, 0.1) is 13.7 Å². The molecule has 0 aliphatic rings. The number of aliphatic hydroxyl groups excluding tert-OH is 1. The molecule has 0 aliphatic carbocycles. The maximum Gasteiger partial charge on any atom is 0.276 e. The molecule has 6 heteroatoms. The molecule has 0 spiro atoms. The molecule has 0 bridgehead atoms. The maximum atomic E-state index is 12.6. The van der Waals surface area contributed by atoms with Gasteiger partial charge in [-0.2, -0.15) is 0 Å². The highest BCUT2D eigenvalue weighted by atomic mass is 16.5. The van der Waals surface area contributed by atoms with E-state index >= 15 is 0 Å². The van der Waals surface area contributed by atoms with Crippen LogP contribution in [0.15, 0.2) is 28.7 Å². The minimum atomic E-state index is -0.220. The van der Waals surface area contributed by atoms with Crippen LogP contribution >= 0.6 is 0 Å². The number of hydrogen-bond acceptors (Lipinski definition) is 5. The number of hydrogen-bond donors (Lipinski definition) is 1. The number of nitrogens with zero attached hydrogens (tertiary/aromatic N) is 2. The molecule has 124 valence electrons. The standard InChI is InChI=1S/C17H22N2O4/c1-4-9-19(10-11-20)17(21)15-12(2)23-16(18-15)13-5-7-14(22-3)8-6-13/h5-8,20H,4,9-11H2,1-3H3. The Bertz CT molecular complexity index is 643. The number of carbonyl (C=O) groups excluding carboxylic acids is 1. The number of aryl methyl sites for hydroxylation is 1. The number of ether oxygens (including phenoxy) is 1. The highest BCUT2D eigenvalue weighted by Gasteiger charge is 2.22. The zero-order chi connectivity index (χ0) is 16.8. The van der Waals surface area contributed by atoms with Crippen molar-refractivity contribution in [3.63, 3.8) is 0 Å². The zero-order valence-electron chi connectivity index (χ0n) is 13.7. The van der Waals surface area contributed by atoms with E-state index in [0.29, 0.717) is 18.2 Å². The van der Waals surface area contributed by atoms with Gasteiger partial charge in [-0.3, -0.25) is 4.79 Å². The van der Waals surface area contributed by atoms with Crippen molar-refractivity contribution in [1.82, 2.24) is 9.88 Å². The largest absolute Gasteiger partial charge is 0.497 e. The minimum absolute atomic E-state index is 0.0754. The summed E-state index contributed by atoms with van der Waals surface area (Å²) in [5.41, 5.74) is 1.06. The summed E-state index contributed by atoms with van der Waals surface area (Å²) in [6.07, 6.45) is 0.813. The molecule has 2 rings (SSSR count). The lowest BCUT2D eigenvalue weighted by molar-refractivity contribution is 0.0715. The van der Waals surface area contributed by atoms with E-state index < -0.39 is 0 Å². The summed E-state index contributed by atoms with van der Waals surface area (Å²) in [6, 6.07) is 7.28. The van der Waals surface area contributed by atoms with Gasteiger partial charge in [-0.25, -0.2) is 4.98 Å². The number of rotatable bonds is 7. The first-order valence-corrected chi connectivity index (χ1v) is 7.62. The first kappa shape index (κ1) is 17.0. The van der Waals surface area contributed by atoms with E-state index in [1.54, 1.807) is 18.9 Å². The Kier molecular flexibility index (Phi) is 5.76. The third kappa shape index (κ3) is 3.90. The van der Waals surface area contributed by atoms with Gasteiger partial charge in [0.1, 0.15) is 11.5 Å². The van der Waals surface area contributed by atoms with Crippen LogP contribution in [0.25, 0.3) is 11.5 Å². The summed E-state index contributed by atoms with van der Waals surface area (Å²) in [6.45, 7) is 4.49. The van der Waals surface area contributed by atoms with E-state index in [0.717, 1.165) is 17.7 Å². The highest BCUT2D eigenvalue weighted by molar-refractivity contribution is 5.93. The molecule has 2 aromatic rings. The average molecular weight is 318 g/mol. The quantitative estimate of drug-likeness (QED) is 0.849. The molecular formula is C17H22N2O4. The van der Waals surface area contributed by atoms with E-state index in [2.05, 4.69) is 4.98 Å². The summed E-state index contributed by atoms with van der Waals surface area (Å²) in [7, 11) is 1.60. The number of aliphatic hydroxyl groups is 1. The molecule has 1 aromatic carbocycles. The van der Waals surface area contributed by atoms with Gasteiger partial charge in [-0.15, -0.1) is 0 Å². The third-order valence-electron chi connectivity index (χ3n) is 3.49. The van der Waals surface area contributed by atoms with Gasteiger partial charge in [0.15, 0.2) is 5.69 Å². The summed E-state index contributed by atoms with van der Waals surface area (Å²) in [5, 5.41) is 9.11. The maximum absolute atomic E-state index is 12.6. The normalized spacial score (nSPS) is 10.6. The van der Waals surface area contributed by atoms with Crippen LogP contribution in [-0.4, -0.2) is 47.7 Å². The van der Waals surface area contributed by atoms with Gasteiger partial charge >= 0.3 is 0 Å². The smallest absolute Gasteiger partial charge is 0.276 e. The number of aromatic nitrogens is 1. The Labute approximate surface area is 135 Å². The summed E-state index contributed by atoms with van der Waals surface area (Å²) in [5.74, 6) is 1.39. The van der Waals surface area contributed by atoms with Crippen molar-refractivity contribution < 1.29 is 19.1 Å². The number of benzene rings is 1. The van der Waals surface area contributed by atoms with Crippen LogP contribution < -0.4 is 4.74 Å². The van der Waals surface area contributed by atoms with E-state index in [1.165, 1.54) is 0 Å². The van der Waals surface area contributed by atoms with Crippen LogP contribution in [0.4, 0.5) is 0 Å². The Morgan fingerprint density at radius 3 is 2.57 bits per heavy atom. The molecule has 23 heavy (non-hydrogen) atoms. The number of amides is 1. The second-order valence-electron chi connectivity index (χ2n) is 5.17. The van der Waals surface area contributed by atoms with Crippen LogP contribution in [0.3, 0.4) is 0 Å². The van der Waals surface area contributed by atoms with E-state index in [1.807, 2.05) is 31.2 Å². The number of oxazole rings is 1. The van der Waals surface area contributed by atoms with Gasteiger partial charge in [0.2, 0.25) is 5.89 Å². The molecule has 0 saturated carbocycles. The van der Waals surface area contributed by atoms with Crippen molar-refractivity contribution >= 4 is 5.91 Å². The Hall–Kier alpha value is -2.34. The SMILES string of the molecule is CCCN(CCO)C(=O)c1nc(-c2ccc(OC)cc2)oc1C. The second-order valence-corrected chi connectivity index (χ2v) is 5.17. The third-order valence-corrected chi connectivity index (χ3v) is 3.49. The minimum Gasteiger partial charge on any atom is -0.497 e.